The smallest absolute Gasteiger partial charge is 0.337 e. The van der Waals surface area contributed by atoms with Crippen LogP contribution >= 0.6 is 0 Å². The lowest BCUT2D eigenvalue weighted by atomic mass is 10.0. The van der Waals surface area contributed by atoms with Crippen LogP contribution in [0, 0.1) is 11.3 Å². The Morgan fingerprint density at radius 2 is 2.15 bits per heavy atom. The van der Waals surface area contributed by atoms with E-state index in [1.807, 2.05) is 0 Å². The summed E-state index contributed by atoms with van der Waals surface area (Å²) < 4.78 is 4.38. The fourth-order valence-corrected chi connectivity index (χ4v) is 0.862. The molecule has 1 N–H and O–H groups in total. The fourth-order valence-electron chi connectivity index (χ4n) is 0.862. The van der Waals surface area contributed by atoms with Gasteiger partial charge in [0.25, 0.3) is 0 Å². The van der Waals surface area contributed by atoms with Gasteiger partial charge in [0, 0.05) is 11.8 Å². The van der Waals surface area contributed by atoms with Gasteiger partial charge in [-0.2, -0.15) is 0 Å². The van der Waals surface area contributed by atoms with Gasteiger partial charge in [0.15, 0.2) is 0 Å². The molecule has 0 amide bonds. The zero-order chi connectivity index (χ0) is 10.4. The van der Waals surface area contributed by atoms with Crippen LogP contribution in [0.15, 0.2) is 12.7 Å². The number of rotatable bonds is 4. The lowest BCUT2D eigenvalue weighted by Gasteiger charge is -2.09. The van der Waals surface area contributed by atoms with Crippen LogP contribution < -0.4 is 0 Å². The molecule has 0 rings (SSSR count). The summed E-state index contributed by atoms with van der Waals surface area (Å²) in [6.07, 6.45) is 1.38. The van der Waals surface area contributed by atoms with Crippen molar-refractivity contribution < 1.29 is 14.3 Å². The number of esters is 2. The lowest BCUT2D eigenvalue weighted by molar-refractivity contribution is -0.157. The minimum absolute atomic E-state index is 0.198. The second-order valence-electron chi connectivity index (χ2n) is 2.59. The predicted molar refractivity (Wildman–Crippen MR) is 48.5 cm³/mol. The van der Waals surface area contributed by atoms with Crippen molar-refractivity contribution in [3.63, 3.8) is 0 Å². The van der Waals surface area contributed by atoms with Crippen molar-refractivity contribution in [1.29, 1.82) is 5.41 Å². The summed E-state index contributed by atoms with van der Waals surface area (Å²) in [5.74, 6) is -2.08. The molecular formula is C9H13NO3. The summed E-state index contributed by atoms with van der Waals surface area (Å²) in [6, 6.07) is 0. The predicted octanol–water partition coefficient (Wildman–Crippen LogP) is 1.31. The Morgan fingerprint density at radius 1 is 1.62 bits per heavy atom. The molecule has 0 aliphatic heterocycles. The van der Waals surface area contributed by atoms with E-state index in [9.17, 15) is 9.59 Å². The highest BCUT2D eigenvalue weighted by Gasteiger charge is 2.21. The van der Waals surface area contributed by atoms with E-state index >= 15 is 0 Å². The third-order valence-corrected chi connectivity index (χ3v) is 1.58. The number of hydrogen-bond acceptors (Lipinski definition) is 4. The summed E-state index contributed by atoms with van der Waals surface area (Å²) in [6.45, 7) is 6.42. The molecule has 0 radical (unpaired) electrons. The van der Waals surface area contributed by atoms with Gasteiger partial charge in [0.2, 0.25) is 0 Å². The first kappa shape index (κ1) is 11.6. The molecule has 72 valence electrons. The van der Waals surface area contributed by atoms with Crippen molar-refractivity contribution >= 4 is 17.7 Å². The number of ether oxygens (including phenoxy) is 1. The van der Waals surface area contributed by atoms with E-state index in [1.165, 1.54) is 6.92 Å². The number of nitrogens with one attached hydrogen (secondary N) is 1. The van der Waals surface area contributed by atoms with Crippen molar-refractivity contribution in [2.24, 2.45) is 5.92 Å². The van der Waals surface area contributed by atoms with Crippen molar-refractivity contribution in [2.75, 3.05) is 0 Å². The average molecular weight is 183 g/mol. The summed E-state index contributed by atoms with van der Waals surface area (Å²) >= 11 is 0. The molecule has 0 aliphatic carbocycles. The maximum atomic E-state index is 11.2. The van der Waals surface area contributed by atoms with Gasteiger partial charge in [-0.05, 0) is 13.3 Å². The molecule has 0 aromatic rings. The van der Waals surface area contributed by atoms with Gasteiger partial charge in [-0.1, -0.05) is 13.5 Å². The first-order chi connectivity index (χ1) is 6.02. The molecule has 0 aromatic heterocycles. The highest BCUT2D eigenvalue weighted by Crippen LogP contribution is 2.07. The summed E-state index contributed by atoms with van der Waals surface area (Å²) in [4.78, 5) is 21.8. The molecule has 0 fully saturated rings. The van der Waals surface area contributed by atoms with Gasteiger partial charge < -0.3 is 10.1 Å². The van der Waals surface area contributed by atoms with Gasteiger partial charge >= 0.3 is 11.9 Å². The van der Waals surface area contributed by atoms with Crippen LogP contribution in [0.4, 0.5) is 0 Å². The van der Waals surface area contributed by atoms with Gasteiger partial charge in [0.1, 0.15) is 0 Å². The Hall–Kier alpha value is -1.45. The van der Waals surface area contributed by atoms with E-state index in [-0.39, 0.29) is 5.71 Å². The molecule has 0 spiro atoms. The van der Waals surface area contributed by atoms with E-state index in [0.29, 0.717) is 6.42 Å². The summed E-state index contributed by atoms with van der Waals surface area (Å²) in [5.41, 5.74) is 0.198. The van der Waals surface area contributed by atoms with Crippen LogP contribution in [0.3, 0.4) is 0 Å². The Labute approximate surface area is 77.1 Å². The minimum atomic E-state index is -0.773. The molecule has 13 heavy (non-hydrogen) atoms. The molecule has 1 atom stereocenters. The Balaban J connectivity index is 4.30. The van der Waals surface area contributed by atoms with Crippen molar-refractivity contribution in [1.82, 2.24) is 0 Å². The molecule has 0 aliphatic rings. The van der Waals surface area contributed by atoms with Crippen LogP contribution in [0.2, 0.25) is 0 Å². The van der Waals surface area contributed by atoms with Gasteiger partial charge in [-0.3, -0.25) is 4.79 Å². The van der Waals surface area contributed by atoms with Crippen LogP contribution in [0.25, 0.3) is 0 Å². The van der Waals surface area contributed by atoms with Gasteiger partial charge in [0.05, 0.1) is 5.92 Å². The number of carbonyl (C=O) groups excluding carboxylic acids is 2. The largest absolute Gasteiger partial charge is 0.389 e. The van der Waals surface area contributed by atoms with Gasteiger partial charge in [-0.15, -0.1) is 0 Å². The molecular weight excluding hydrogens is 170 g/mol. The fraction of sp³-hybridized carbons (Fsp3) is 0.444. The Morgan fingerprint density at radius 3 is 2.46 bits per heavy atom. The van der Waals surface area contributed by atoms with Crippen molar-refractivity contribution in [3.05, 3.63) is 12.7 Å². The lowest BCUT2D eigenvalue weighted by Crippen LogP contribution is -2.24. The minimum Gasteiger partial charge on any atom is -0.389 e. The topological polar surface area (TPSA) is 67.2 Å². The molecule has 0 saturated carbocycles. The SMILES string of the molecule is C=CC(=O)OC(=O)C(CC)C(C)=N. The third kappa shape index (κ3) is 3.64. The standard InChI is InChI=1S/C9H13NO3/c1-4-7(6(3)10)9(12)13-8(11)5-2/h5,7,10H,2,4H2,1,3H3. The highest BCUT2D eigenvalue weighted by atomic mass is 16.6. The van der Waals surface area contributed by atoms with E-state index in [1.54, 1.807) is 6.92 Å². The molecule has 0 aromatic carbocycles. The quantitative estimate of drug-likeness (QED) is 0.309. The molecule has 0 saturated heterocycles. The van der Waals surface area contributed by atoms with Crippen LogP contribution in [0.5, 0.6) is 0 Å². The summed E-state index contributed by atoms with van der Waals surface area (Å²) in [7, 11) is 0. The van der Waals surface area contributed by atoms with E-state index < -0.39 is 17.9 Å². The first-order valence-electron chi connectivity index (χ1n) is 3.96. The van der Waals surface area contributed by atoms with Crippen molar-refractivity contribution in [2.45, 2.75) is 20.3 Å². The van der Waals surface area contributed by atoms with Crippen molar-refractivity contribution in [3.8, 4) is 0 Å². The van der Waals surface area contributed by atoms with Gasteiger partial charge in [-0.25, -0.2) is 4.79 Å². The molecule has 0 heterocycles. The summed E-state index contributed by atoms with van der Waals surface area (Å²) in [5, 5.41) is 7.25. The highest BCUT2D eigenvalue weighted by molar-refractivity contribution is 6.03. The van der Waals surface area contributed by atoms with E-state index in [2.05, 4.69) is 11.3 Å². The van der Waals surface area contributed by atoms with E-state index in [0.717, 1.165) is 6.08 Å². The third-order valence-electron chi connectivity index (χ3n) is 1.58. The van der Waals surface area contributed by atoms with Crippen LogP contribution in [-0.2, 0) is 14.3 Å². The maximum absolute atomic E-state index is 11.2. The van der Waals surface area contributed by atoms with Crippen LogP contribution in [0.1, 0.15) is 20.3 Å². The van der Waals surface area contributed by atoms with Crippen LogP contribution in [-0.4, -0.2) is 17.7 Å². The number of carbonyl (C=O) groups is 2. The number of hydrogen-bond donors (Lipinski definition) is 1. The molecule has 1 unspecified atom stereocenters. The zero-order valence-corrected chi connectivity index (χ0v) is 7.79. The second-order valence-corrected chi connectivity index (χ2v) is 2.59. The monoisotopic (exact) mass is 183 g/mol. The first-order valence-corrected chi connectivity index (χ1v) is 3.96. The molecule has 4 heteroatoms. The second kappa shape index (κ2) is 5.24. The van der Waals surface area contributed by atoms with E-state index in [4.69, 9.17) is 5.41 Å². The Bertz CT molecular complexity index is 245. The normalized spacial score (nSPS) is 11.5. The molecule has 4 nitrogen and oxygen atoms in total. The zero-order valence-electron chi connectivity index (χ0n) is 7.79. The molecule has 0 bridgehead atoms. The Kier molecular flexibility index (Phi) is 4.66. The average Bonchev–Trinajstić information content (AvgIpc) is 2.04. The maximum Gasteiger partial charge on any atom is 0.337 e.